The van der Waals surface area contributed by atoms with Crippen LogP contribution < -0.4 is 10.5 Å². The predicted molar refractivity (Wildman–Crippen MR) is 64.9 cm³/mol. The summed E-state index contributed by atoms with van der Waals surface area (Å²) in [4.78, 5) is 3.86. The molecule has 0 radical (unpaired) electrons. The summed E-state index contributed by atoms with van der Waals surface area (Å²) in [5.41, 5.74) is 6.04. The van der Waals surface area contributed by atoms with E-state index in [2.05, 4.69) is 4.98 Å². The summed E-state index contributed by atoms with van der Waals surface area (Å²) in [6.07, 6.45) is 1.84. The summed E-state index contributed by atoms with van der Waals surface area (Å²) in [6.45, 7) is 2.39. The molecule has 0 bridgehead atoms. The van der Waals surface area contributed by atoms with Gasteiger partial charge in [0, 0.05) is 32.2 Å². The molecule has 0 aliphatic carbocycles. The van der Waals surface area contributed by atoms with E-state index in [4.69, 9.17) is 19.9 Å². The minimum atomic E-state index is -0.411. The van der Waals surface area contributed by atoms with Gasteiger partial charge in [0.05, 0.1) is 26.0 Å². The molecule has 0 spiro atoms. The maximum atomic E-state index is 12.9. The van der Waals surface area contributed by atoms with Crippen molar-refractivity contribution in [2.45, 2.75) is 13.0 Å². The zero-order chi connectivity index (χ0) is 13.2. The first kappa shape index (κ1) is 14.8. The van der Waals surface area contributed by atoms with Crippen molar-refractivity contribution in [3.8, 4) is 5.88 Å². The van der Waals surface area contributed by atoms with Crippen LogP contribution in [0.3, 0.4) is 0 Å². The van der Waals surface area contributed by atoms with Gasteiger partial charge in [-0.25, -0.2) is 9.37 Å². The maximum absolute atomic E-state index is 12.9. The Labute approximate surface area is 106 Å². The summed E-state index contributed by atoms with van der Waals surface area (Å²) in [5, 5.41) is 0. The number of rotatable bonds is 9. The third-order valence-corrected chi connectivity index (χ3v) is 2.22. The minimum absolute atomic E-state index is 0.199. The van der Waals surface area contributed by atoms with Crippen molar-refractivity contribution in [1.82, 2.24) is 4.98 Å². The topological polar surface area (TPSA) is 66.6 Å². The number of nitrogens with zero attached hydrogens (tertiary/aromatic N) is 1. The molecule has 0 atom stereocenters. The van der Waals surface area contributed by atoms with Crippen LogP contribution in [0.2, 0.25) is 0 Å². The van der Waals surface area contributed by atoms with Crippen LogP contribution >= 0.6 is 0 Å². The summed E-state index contributed by atoms with van der Waals surface area (Å²) in [7, 11) is 1.63. The van der Waals surface area contributed by atoms with Crippen LogP contribution in [0, 0.1) is 5.82 Å². The smallest absolute Gasteiger partial charge is 0.218 e. The van der Waals surface area contributed by atoms with Gasteiger partial charge in [-0.3, -0.25) is 0 Å². The van der Waals surface area contributed by atoms with E-state index < -0.39 is 5.82 Å². The van der Waals surface area contributed by atoms with Crippen LogP contribution in [-0.2, 0) is 16.0 Å². The number of hydrogen-bond donors (Lipinski definition) is 1. The Hall–Kier alpha value is -1.24. The van der Waals surface area contributed by atoms with Crippen molar-refractivity contribution in [2.75, 3.05) is 33.5 Å². The third-order valence-electron chi connectivity index (χ3n) is 2.22. The van der Waals surface area contributed by atoms with Gasteiger partial charge >= 0.3 is 0 Å². The van der Waals surface area contributed by atoms with Gasteiger partial charge in [-0.2, -0.15) is 0 Å². The van der Waals surface area contributed by atoms with Gasteiger partial charge in [0.15, 0.2) is 0 Å². The zero-order valence-electron chi connectivity index (χ0n) is 10.5. The van der Waals surface area contributed by atoms with Crippen LogP contribution in [0.5, 0.6) is 5.88 Å². The van der Waals surface area contributed by atoms with Gasteiger partial charge in [0.1, 0.15) is 5.82 Å². The Morgan fingerprint density at radius 3 is 2.83 bits per heavy atom. The van der Waals surface area contributed by atoms with Crippen molar-refractivity contribution in [2.24, 2.45) is 5.73 Å². The molecule has 0 saturated heterocycles. The van der Waals surface area contributed by atoms with Crippen LogP contribution in [0.1, 0.15) is 12.0 Å². The van der Waals surface area contributed by atoms with Gasteiger partial charge in [-0.1, -0.05) is 0 Å². The number of nitrogens with two attached hydrogens (primary N) is 1. The van der Waals surface area contributed by atoms with Crippen LogP contribution in [0.4, 0.5) is 4.39 Å². The first-order valence-corrected chi connectivity index (χ1v) is 5.82. The minimum Gasteiger partial charge on any atom is -0.477 e. The summed E-state index contributed by atoms with van der Waals surface area (Å²) in [5.74, 6) is -0.0264. The number of hydrogen-bond acceptors (Lipinski definition) is 5. The molecule has 2 N–H and O–H groups in total. The molecule has 0 fully saturated rings. The predicted octanol–water partition coefficient (Wildman–Crippen LogP) is 1.11. The van der Waals surface area contributed by atoms with Crippen LogP contribution in [-0.4, -0.2) is 38.5 Å². The fraction of sp³-hybridized carbons (Fsp3) is 0.583. The monoisotopic (exact) mass is 258 g/mol. The molecule has 6 heteroatoms. The molecule has 5 nitrogen and oxygen atoms in total. The Morgan fingerprint density at radius 2 is 2.11 bits per heavy atom. The average molecular weight is 258 g/mol. The third kappa shape index (κ3) is 5.39. The Kier molecular flexibility index (Phi) is 7.24. The number of pyridine rings is 1. The van der Waals surface area contributed by atoms with E-state index in [1.165, 1.54) is 6.07 Å². The maximum Gasteiger partial charge on any atom is 0.218 e. The number of aromatic nitrogens is 1. The zero-order valence-corrected chi connectivity index (χ0v) is 10.5. The molecule has 1 aromatic rings. The van der Waals surface area contributed by atoms with Crippen molar-refractivity contribution < 1.29 is 18.6 Å². The standard InChI is InChI=1S/C12H19FN2O3/c1-16-5-6-17-3-2-4-18-12-10(8-14)7-11(13)9-15-12/h7,9H,2-6,8,14H2,1H3. The molecule has 1 aromatic heterocycles. The quantitative estimate of drug-likeness (QED) is 0.672. The lowest BCUT2D eigenvalue weighted by atomic mass is 10.2. The Bertz CT molecular complexity index is 350. The van der Waals surface area contributed by atoms with Crippen molar-refractivity contribution in [1.29, 1.82) is 0 Å². The van der Waals surface area contributed by atoms with E-state index in [1.54, 1.807) is 7.11 Å². The molecule has 0 aromatic carbocycles. The highest BCUT2D eigenvalue weighted by atomic mass is 19.1. The van der Waals surface area contributed by atoms with E-state index in [0.29, 0.717) is 37.9 Å². The van der Waals surface area contributed by atoms with Crippen molar-refractivity contribution in [3.63, 3.8) is 0 Å². The Balaban J connectivity index is 2.22. The van der Waals surface area contributed by atoms with E-state index >= 15 is 0 Å². The fourth-order valence-corrected chi connectivity index (χ4v) is 1.32. The molecule has 1 rings (SSSR count). The molecular weight excluding hydrogens is 239 g/mol. The molecule has 102 valence electrons. The average Bonchev–Trinajstić information content (AvgIpc) is 2.39. The summed E-state index contributed by atoms with van der Waals surface area (Å²) in [6, 6.07) is 1.33. The van der Waals surface area contributed by atoms with Gasteiger partial charge < -0.3 is 19.9 Å². The molecule has 0 aliphatic heterocycles. The molecule has 0 unspecified atom stereocenters. The number of ether oxygens (including phenoxy) is 3. The molecule has 0 saturated carbocycles. The first-order chi connectivity index (χ1) is 8.77. The second kappa shape index (κ2) is 8.79. The highest BCUT2D eigenvalue weighted by molar-refractivity contribution is 5.25. The van der Waals surface area contributed by atoms with Crippen LogP contribution in [0.15, 0.2) is 12.3 Å². The molecule has 18 heavy (non-hydrogen) atoms. The molecular formula is C12H19FN2O3. The van der Waals surface area contributed by atoms with Crippen LogP contribution in [0.25, 0.3) is 0 Å². The number of halogens is 1. The molecule has 1 heterocycles. The normalized spacial score (nSPS) is 10.6. The molecule has 0 aliphatic rings. The van der Waals surface area contributed by atoms with Gasteiger partial charge in [0.25, 0.3) is 0 Å². The van der Waals surface area contributed by atoms with E-state index in [0.717, 1.165) is 12.6 Å². The van der Waals surface area contributed by atoms with Gasteiger partial charge in [0.2, 0.25) is 5.88 Å². The van der Waals surface area contributed by atoms with E-state index in [-0.39, 0.29) is 6.54 Å². The van der Waals surface area contributed by atoms with Gasteiger partial charge in [-0.15, -0.1) is 0 Å². The van der Waals surface area contributed by atoms with Crippen molar-refractivity contribution >= 4 is 0 Å². The highest BCUT2D eigenvalue weighted by Crippen LogP contribution is 2.15. The van der Waals surface area contributed by atoms with E-state index in [9.17, 15) is 4.39 Å². The summed E-state index contributed by atoms with van der Waals surface area (Å²) >= 11 is 0. The lowest BCUT2D eigenvalue weighted by molar-refractivity contribution is 0.0641. The second-order valence-electron chi connectivity index (χ2n) is 3.63. The fourth-order valence-electron chi connectivity index (χ4n) is 1.32. The number of methoxy groups -OCH3 is 1. The Morgan fingerprint density at radius 1 is 1.28 bits per heavy atom. The first-order valence-electron chi connectivity index (χ1n) is 5.82. The van der Waals surface area contributed by atoms with E-state index in [1.807, 2.05) is 0 Å². The summed E-state index contributed by atoms with van der Waals surface area (Å²) < 4.78 is 28.4. The van der Waals surface area contributed by atoms with Crippen molar-refractivity contribution in [3.05, 3.63) is 23.6 Å². The highest BCUT2D eigenvalue weighted by Gasteiger charge is 2.05. The molecule has 0 amide bonds. The SMILES string of the molecule is COCCOCCCOc1ncc(F)cc1CN. The van der Waals surface area contributed by atoms with Gasteiger partial charge in [-0.05, 0) is 6.07 Å². The lowest BCUT2D eigenvalue weighted by Crippen LogP contribution is -2.09. The second-order valence-corrected chi connectivity index (χ2v) is 3.63. The largest absolute Gasteiger partial charge is 0.477 e. The lowest BCUT2D eigenvalue weighted by Gasteiger charge is -2.09.